The summed E-state index contributed by atoms with van der Waals surface area (Å²) in [4.78, 5) is 16.5. The predicted octanol–water partition coefficient (Wildman–Crippen LogP) is 3.42. The Morgan fingerprint density at radius 1 is 1.14 bits per heavy atom. The highest BCUT2D eigenvalue weighted by molar-refractivity contribution is 5.88. The third-order valence-electron chi connectivity index (χ3n) is 5.51. The van der Waals surface area contributed by atoms with Crippen molar-refractivity contribution in [1.82, 2.24) is 20.1 Å². The van der Waals surface area contributed by atoms with Gasteiger partial charge in [-0.2, -0.15) is 5.10 Å². The summed E-state index contributed by atoms with van der Waals surface area (Å²) in [6.45, 7) is 1.16. The van der Waals surface area contributed by atoms with Crippen LogP contribution in [0.2, 0.25) is 0 Å². The second-order valence-electron chi connectivity index (χ2n) is 7.60. The molecule has 2 aromatic carbocycles. The highest BCUT2D eigenvalue weighted by Gasteiger charge is 2.16. The number of nitrogens with zero attached hydrogens (tertiary/aromatic N) is 3. The van der Waals surface area contributed by atoms with Gasteiger partial charge in [-0.25, -0.2) is 9.67 Å². The van der Waals surface area contributed by atoms with E-state index in [1.54, 1.807) is 17.3 Å². The van der Waals surface area contributed by atoms with Crippen LogP contribution in [0.4, 0.5) is 0 Å². The largest absolute Gasteiger partial charge is 0.464 e. The minimum atomic E-state index is -0.00474. The van der Waals surface area contributed by atoms with E-state index in [9.17, 15) is 4.79 Å². The molecule has 6 heteroatoms. The topological polar surface area (TPSA) is 73.0 Å². The summed E-state index contributed by atoms with van der Waals surface area (Å²) >= 11 is 0. The molecule has 0 unspecified atom stereocenters. The number of benzene rings is 2. The molecule has 0 bridgehead atoms. The van der Waals surface area contributed by atoms with E-state index in [0.717, 1.165) is 40.5 Å². The van der Waals surface area contributed by atoms with Gasteiger partial charge in [0.2, 0.25) is 5.91 Å². The van der Waals surface area contributed by atoms with Crippen molar-refractivity contribution in [2.75, 3.05) is 0 Å². The monoisotopic (exact) mass is 386 g/mol. The number of aryl methyl sites for hydroxylation is 2. The van der Waals surface area contributed by atoms with Crippen LogP contribution < -0.4 is 5.32 Å². The van der Waals surface area contributed by atoms with Crippen molar-refractivity contribution < 1.29 is 9.21 Å². The molecule has 0 aliphatic heterocycles. The average Bonchev–Trinajstić information content (AvgIpc) is 3.47. The van der Waals surface area contributed by atoms with Gasteiger partial charge in [0.05, 0.1) is 19.2 Å². The first-order chi connectivity index (χ1) is 14.2. The van der Waals surface area contributed by atoms with Gasteiger partial charge in [-0.15, -0.1) is 0 Å². The molecule has 1 aliphatic rings. The van der Waals surface area contributed by atoms with Crippen molar-refractivity contribution in [2.24, 2.45) is 0 Å². The molecular formula is C23H22N4O2. The lowest BCUT2D eigenvalue weighted by Crippen LogP contribution is -2.24. The Hall–Kier alpha value is -3.41. The number of aromatic nitrogens is 3. The molecular weight excluding hydrogens is 364 g/mol. The Balaban J connectivity index is 1.23. The molecule has 29 heavy (non-hydrogen) atoms. The minimum absolute atomic E-state index is 0.00474. The molecule has 2 aromatic heterocycles. The zero-order chi connectivity index (χ0) is 19.6. The van der Waals surface area contributed by atoms with E-state index in [4.69, 9.17) is 4.42 Å². The summed E-state index contributed by atoms with van der Waals surface area (Å²) < 4.78 is 7.49. The van der Waals surface area contributed by atoms with E-state index >= 15 is 0 Å². The molecule has 146 valence electrons. The Kier molecular flexibility index (Phi) is 4.60. The standard InChI is InChI=1S/C23H22N4O2/c28-23(10-20-13-29-22-9-19-6-2-5-18(19)8-21(20)22)25-11-16-3-1-4-17(7-16)12-27-15-24-14-26-27/h1,3-4,7-9,13-15H,2,5-6,10-12H2,(H,25,28). The molecule has 0 spiro atoms. The zero-order valence-corrected chi connectivity index (χ0v) is 16.1. The van der Waals surface area contributed by atoms with E-state index in [1.807, 2.05) is 18.2 Å². The second kappa shape index (κ2) is 7.54. The summed E-state index contributed by atoms with van der Waals surface area (Å²) in [5.74, 6) is -0.00474. The third-order valence-corrected chi connectivity index (χ3v) is 5.51. The molecule has 6 nitrogen and oxygen atoms in total. The van der Waals surface area contributed by atoms with Crippen molar-refractivity contribution >= 4 is 16.9 Å². The molecule has 2 heterocycles. The van der Waals surface area contributed by atoms with Crippen molar-refractivity contribution in [3.05, 3.63) is 83.1 Å². The maximum absolute atomic E-state index is 12.5. The first-order valence-electron chi connectivity index (χ1n) is 9.93. The highest BCUT2D eigenvalue weighted by atomic mass is 16.3. The Labute approximate surface area is 168 Å². The van der Waals surface area contributed by atoms with Crippen LogP contribution in [0.3, 0.4) is 0 Å². The number of carbonyl (C=O) groups excluding carboxylic acids is 1. The predicted molar refractivity (Wildman–Crippen MR) is 109 cm³/mol. The lowest BCUT2D eigenvalue weighted by Gasteiger charge is -2.07. The van der Waals surface area contributed by atoms with Crippen LogP contribution in [-0.4, -0.2) is 20.7 Å². The maximum atomic E-state index is 12.5. The molecule has 1 aliphatic carbocycles. The Bertz CT molecular complexity index is 1160. The van der Waals surface area contributed by atoms with Crippen LogP contribution in [0, 0.1) is 0 Å². The Morgan fingerprint density at radius 3 is 2.86 bits per heavy atom. The van der Waals surface area contributed by atoms with Crippen molar-refractivity contribution in [2.45, 2.75) is 38.8 Å². The van der Waals surface area contributed by atoms with Gasteiger partial charge in [-0.3, -0.25) is 4.79 Å². The van der Waals surface area contributed by atoms with Crippen LogP contribution in [0.5, 0.6) is 0 Å². The summed E-state index contributed by atoms with van der Waals surface area (Å²) in [6, 6.07) is 12.5. The van der Waals surface area contributed by atoms with E-state index in [-0.39, 0.29) is 5.91 Å². The fourth-order valence-corrected chi connectivity index (χ4v) is 4.06. The van der Waals surface area contributed by atoms with Gasteiger partial charge in [-0.05, 0) is 53.6 Å². The number of fused-ring (bicyclic) bond motifs is 2. The number of carbonyl (C=O) groups is 1. The van der Waals surface area contributed by atoms with E-state index in [1.165, 1.54) is 23.9 Å². The van der Waals surface area contributed by atoms with E-state index in [0.29, 0.717) is 19.5 Å². The number of nitrogens with one attached hydrogen (secondary N) is 1. The molecule has 0 radical (unpaired) electrons. The molecule has 1 amide bonds. The number of hydrogen-bond acceptors (Lipinski definition) is 4. The number of amides is 1. The van der Waals surface area contributed by atoms with Gasteiger partial charge in [0.25, 0.3) is 0 Å². The summed E-state index contributed by atoms with van der Waals surface area (Å²) in [6.07, 6.45) is 8.71. The lowest BCUT2D eigenvalue weighted by atomic mass is 10.0. The summed E-state index contributed by atoms with van der Waals surface area (Å²) in [7, 11) is 0. The van der Waals surface area contributed by atoms with Gasteiger partial charge in [0, 0.05) is 17.5 Å². The second-order valence-corrected chi connectivity index (χ2v) is 7.60. The van der Waals surface area contributed by atoms with Crippen molar-refractivity contribution in [1.29, 1.82) is 0 Å². The Morgan fingerprint density at radius 2 is 2.00 bits per heavy atom. The lowest BCUT2D eigenvalue weighted by molar-refractivity contribution is -0.120. The quantitative estimate of drug-likeness (QED) is 0.551. The first kappa shape index (κ1) is 17.7. The molecule has 4 aromatic rings. The molecule has 0 atom stereocenters. The SMILES string of the molecule is O=C(Cc1coc2cc3c(cc12)CCC3)NCc1cccc(Cn2cncn2)c1. The van der Waals surface area contributed by atoms with E-state index < -0.39 is 0 Å². The minimum Gasteiger partial charge on any atom is -0.464 e. The fourth-order valence-electron chi connectivity index (χ4n) is 4.06. The summed E-state index contributed by atoms with van der Waals surface area (Å²) in [5.41, 5.74) is 6.79. The third kappa shape index (κ3) is 3.78. The van der Waals surface area contributed by atoms with Crippen LogP contribution in [-0.2, 0) is 37.1 Å². The van der Waals surface area contributed by atoms with Crippen LogP contribution in [0.25, 0.3) is 11.0 Å². The van der Waals surface area contributed by atoms with Gasteiger partial charge in [-0.1, -0.05) is 24.3 Å². The van der Waals surface area contributed by atoms with Crippen molar-refractivity contribution in [3.63, 3.8) is 0 Å². The van der Waals surface area contributed by atoms with Gasteiger partial charge < -0.3 is 9.73 Å². The number of furan rings is 1. The number of hydrogen-bond donors (Lipinski definition) is 1. The smallest absolute Gasteiger partial charge is 0.224 e. The van der Waals surface area contributed by atoms with Crippen molar-refractivity contribution in [3.8, 4) is 0 Å². The van der Waals surface area contributed by atoms with Crippen LogP contribution in [0.15, 0.2) is 59.7 Å². The molecule has 5 rings (SSSR count). The summed E-state index contributed by atoms with van der Waals surface area (Å²) in [5, 5.41) is 8.22. The molecule has 0 saturated carbocycles. The van der Waals surface area contributed by atoms with Crippen LogP contribution >= 0.6 is 0 Å². The van der Waals surface area contributed by atoms with Gasteiger partial charge >= 0.3 is 0 Å². The van der Waals surface area contributed by atoms with Gasteiger partial charge in [0.1, 0.15) is 18.2 Å². The highest BCUT2D eigenvalue weighted by Crippen LogP contribution is 2.30. The fraction of sp³-hybridized carbons (Fsp3) is 0.261. The molecule has 1 N–H and O–H groups in total. The molecule has 0 saturated heterocycles. The van der Waals surface area contributed by atoms with Gasteiger partial charge in [0.15, 0.2) is 0 Å². The average molecular weight is 386 g/mol. The first-order valence-corrected chi connectivity index (χ1v) is 9.93. The van der Waals surface area contributed by atoms with Crippen LogP contribution in [0.1, 0.15) is 34.2 Å². The maximum Gasteiger partial charge on any atom is 0.224 e. The number of rotatable bonds is 6. The zero-order valence-electron chi connectivity index (χ0n) is 16.1. The normalized spacial score (nSPS) is 13.0. The molecule has 0 fully saturated rings. The van der Waals surface area contributed by atoms with E-state index in [2.05, 4.69) is 33.6 Å².